The minimum Gasteiger partial charge on any atom is -0.466 e. The highest BCUT2D eigenvalue weighted by Gasteiger charge is 2.20. The summed E-state index contributed by atoms with van der Waals surface area (Å²) in [5, 5.41) is 0. The Bertz CT molecular complexity index is 946. The Labute approximate surface area is 396 Å². The van der Waals surface area contributed by atoms with Gasteiger partial charge in [0.05, 0.1) is 13.2 Å². The number of esters is 2. The van der Waals surface area contributed by atoms with E-state index in [0.29, 0.717) is 26.1 Å². The van der Waals surface area contributed by atoms with E-state index in [4.69, 9.17) is 9.47 Å². The second-order valence-corrected chi connectivity index (χ2v) is 19.6. The maximum Gasteiger partial charge on any atom is 0.305 e. The number of carbonyl (C=O) groups is 2. The first-order chi connectivity index (χ1) is 30.5. The number of likely N-dealkylation sites (tertiary alicyclic amines) is 2. The van der Waals surface area contributed by atoms with Gasteiger partial charge in [0.1, 0.15) is 0 Å². The SMILES string of the molecule is CCCCCCCC/C=C\CCCCCCCC(=O)OCCC1CCN(CCS)CC1.CCCCCCCC/C=C\CCCCCCCC(=O)OCCC1CCN(CCS)CC1. The number of thiol groups is 2. The molecule has 0 aromatic carbocycles. The van der Waals surface area contributed by atoms with Gasteiger partial charge in [-0.1, -0.05) is 141 Å². The van der Waals surface area contributed by atoms with Crippen LogP contribution in [0.15, 0.2) is 24.3 Å². The number of carbonyl (C=O) groups excluding carboxylic acids is 2. The molecule has 2 saturated heterocycles. The quantitative estimate of drug-likeness (QED) is 0.0276. The van der Waals surface area contributed by atoms with E-state index in [9.17, 15) is 9.59 Å². The van der Waals surface area contributed by atoms with Crippen molar-refractivity contribution >= 4 is 37.2 Å². The highest BCUT2D eigenvalue weighted by Crippen LogP contribution is 2.22. The second-order valence-electron chi connectivity index (χ2n) is 18.7. The van der Waals surface area contributed by atoms with Crippen LogP contribution in [0, 0.1) is 11.8 Å². The van der Waals surface area contributed by atoms with Gasteiger partial charge >= 0.3 is 11.9 Å². The molecule has 0 unspecified atom stereocenters. The molecule has 8 heteroatoms. The van der Waals surface area contributed by atoms with Gasteiger partial charge in [0.2, 0.25) is 0 Å². The number of hydrogen-bond acceptors (Lipinski definition) is 8. The van der Waals surface area contributed by atoms with Crippen LogP contribution in [0.4, 0.5) is 0 Å². The van der Waals surface area contributed by atoms with Crippen molar-refractivity contribution in [2.75, 3.05) is 64.0 Å². The fraction of sp³-hybridized carbons (Fsp3) is 0.889. The zero-order valence-electron chi connectivity index (χ0n) is 41.0. The summed E-state index contributed by atoms with van der Waals surface area (Å²) in [5.41, 5.74) is 0. The first-order valence-corrected chi connectivity index (χ1v) is 28.1. The Morgan fingerprint density at radius 1 is 0.452 bits per heavy atom. The van der Waals surface area contributed by atoms with Gasteiger partial charge in [-0.25, -0.2) is 0 Å². The van der Waals surface area contributed by atoms with Crippen molar-refractivity contribution in [3.05, 3.63) is 24.3 Å². The summed E-state index contributed by atoms with van der Waals surface area (Å²) < 4.78 is 10.9. The molecule has 2 aliphatic rings. The molecule has 0 saturated carbocycles. The molecule has 0 spiro atoms. The number of allylic oxidation sites excluding steroid dienone is 4. The molecule has 0 radical (unpaired) electrons. The van der Waals surface area contributed by atoms with E-state index in [1.807, 2.05) is 0 Å². The van der Waals surface area contributed by atoms with Crippen LogP contribution < -0.4 is 0 Å². The van der Waals surface area contributed by atoms with Gasteiger partial charge < -0.3 is 19.3 Å². The topological polar surface area (TPSA) is 59.1 Å². The lowest BCUT2D eigenvalue weighted by molar-refractivity contribution is -0.145. The summed E-state index contributed by atoms with van der Waals surface area (Å²) in [5.74, 6) is 3.35. The average Bonchev–Trinajstić information content (AvgIpc) is 3.28. The van der Waals surface area contributed by atoms with Crippen LogP contribution in [0.1, 0.15) is 232 Å². The van der Waals surface area contributed by atoms with Crippen molar-refractivity contribution in [2.45, 2.75) is 232 Å². The van der Waals surface area contributed by atoms with Crippen LogP contribution in [0.5, 0.6) is 0 Å². The molecule has 0 aromatic rings. The van der Waals surface area contributed by atoms with Gasteiger partial charge in [0, 0.05) is 37.4 Å². The minimum absolute atomic E-state index is 0.00476. The maximum atomic E-state index is 11.9. The molecule has 0 amide bonds. The van der Waals surface area contributed by atoms with Crippen molar-refractivity contribution in [2.24, 2.45) is 11.8 Å². The standard InChI is InChI=1S/2C27H51NO2S/c2*1-2-3-4-5-6-7-8-9-10-11-12-13-14-15-16-17-27(29)30-24-20-26-18-21-28(22-19-26)23-25-31/h2*9-10,26,31H,2-8,11-25H2,1H3/b2*10-9-. The van der Waals surface area contributed by atoms with Gasteiger partial charge in [0.15, 0.2) is 0 Å². The third-order valence-electron chi connectivity index (χ3n) is 13.1. The third-order valence-corrected chi connectivity index (χ3v) is 13.5. The van der Waals surface area contributed by atoms with Crippen LogP contribution in [0.25, 0.3) is 0 Å². The van der Waals surface area contributed by atoms with Gasteiger partial charge in [-0.3, -0.25) is 9.59 Å². The molecule has 0 bridgehead atoms. The Hall–Kier alpha value is -0.960. The van der Waals surface area contributed by atoms with Crippen LogP contribution in [0.3, 0.4) is 0 Å². The minimum atomic E-state index is 0.00476. The molecule has 62 heavy (non-hydrogen) atoms. The average molecular weight is 908 g/mol. The summed E-state index contributed by atoms with van der Waals surface area (Å²) in [7, 11) is 0. The smallest absolute Gasteiger partial charge is 0.305 e. The van der Waals surface area contributed by atoms with Gasteiger partial charge in [-0.15, -0.1) is 0 Å². The normalized spacial score (nSPS) is 15.7. The van der Waals surface area contributed by atoms with Crippen molar-refractivity contribution in [3.8, 4) is 0 Å². The fourth-order valence-corrected chi connectivity index (χ4v) is 9.35. The highest BCUT2D eigenvalue weighted by molar-refractivity contribution is 7.80. The molecule has 0 N–H and O–H groups in total. The number of nitrogens with zero attached hydrogens (tertiary/aromatic N) is 2. The molecular formula is C54H102N2O4S2. The van der Waals surface area contributed by atoms with Crippen molar-refractivity contribution in [3.63, 3.8) is 0 Å². The Morgan fingerprint density at radius 3 is 1.05 bits per heavy atom. The second kappa shape index (κ2) is 46.6. The van der Waals surface area contributed by atoms with Crippen molar-refractivity contribution < 1.29 is 19.1 Å². The number of piperidine rings is 2. The van der Waals surface area contributed by atoms with Crippen LogP contribution in [-0.4, -0.2) is 85.7 Å². The van der Waals surface area contributed by atoms with Crippen LogP contribution in [-0.2, 0) is 19.1 Å². The van der Waals surface area contributed by atoms with E-state index in [-0.39, 0.29) is 11.9 Å². The van der Waals surface area contributed by atoms with E-state index in [1.165, 1.54) is 193 Å². The molecule has 2 fully saturated rings. The summed E-state index contributed by atoms with van der Waals surface area (Å²) in [6, 6.07) is 0. The molecule has 0 atom stereocenters. The monoisotopic (exact) mass is 907 g/mol. The maximum absolute atomic E-state index is 11.9. The summed E-state index contributed by atoms with van der Waals surface area (Å²) in [6.07, 6.45) is 51.1. The summed E-state index contributed by atoms with van der Waals surface area (Å²) in [4.78, 5) is 28.8. The van der Waals surface area contributed by atoms with Crippen LogP contribution >= 0.6 is 25.3 Å². The Morgan fingerprint density at radius 2 is 0.742 bits per heavy atom. The number of unbranched alkanes of at least 4 members (excludes halogenated alkanes) is 22. The van der Waals surface area contributed by atoms with E-state index < -0.39 is 0 Å². The number of hydrogen-bond donors (Lipinski definition) is 2. The van der Waals surface area contributed by atoms with E-state index >= 15 is 0 Å². The molecule has 0 aliphatic carbocycles. The largest absolute Gasteiger partial charge is 0.466 e. The zero-order chi connectivity index (χ0) is 44.8. The number of ether oxygens (including phenoxy) is 2. The lowest BCUT2D eigenvalue weighted by Crippen LogP contribution is -2.35. The van der Waals surface area contributed by atoms with Crippen LogP contribution in [0.2, 0.25) is 0 Å². The Balaban J connectivity index is 0.000000620. The van der Waals surface area contributed by atoms with E-state index in [1.54, 1.807) is 0 Å². The molecule has 2 heterocycles. The van der Waals surface area contributed by atoms with E-state index in [0.717, 1.165) is 75.0 Å². The predicted octanol–water partition coefficient (Wildman–Crippen LogP) is 15.2. The molecule has 2 aliphatic heterocycles. The van der Waals surface area contributed by atoms with Gasteiger partial charge in [0.25, 0.3) is 0 Å². The molecule has 6 nitrogen and oxygen atoms in total. The molecule has 2 rings (SSSR count). The van der Waals surface area contributed by atoms with Gasteiger partial charge in [-0.05, 0) is 141 Å². The van der Waals surface area contributed by atoms with Crippen molar-refractivity contribution in [1.82, 2.24) is 9.80 Å². The van der Waals surface area contributed by atoms with Crippen molar-refractivity contribution in [1.29, 1.82) is 0 Å². The number of rotatable bonds is 40. The lowest BCUT2D eigenvalue weighted by atomic mass is 9.94. The first-order valence-electron chi connectivity index (χ1n) is 26.8. The van der Waals surface area contributed by atoms with Gasteiger partial charge in [-0.2, -0.15) is 25.3 Å². The zero-order valence-corrected chi connectivity index (χ0v) is 42.8. The highest BCUT2D eigenvalue weighted by atomic mass is 32.1. The molecular weight excluding hydrogens is 805 g/mol. The molecule has 364 valence electrons. The van der Waals surface area contributed by atoms with E-state index in [2.05, 4.69) is 73.2 Å². The summed E-state index contributed by atoms with van der Waals surface area (Å²) >= 11 is 8.62. The lowest BCUT2D eigenvalue weighted by Gasteiger charge is -2.31. The Kier molecular flexibility index (Phi) is 44.4. The third kappa shape index (κ3) is 39.4. The fourth-order valence-electron chi connectivity index (χ4n) is 8.78. The molecule has 0 aromatic heterocycles. The predicted molar refractivity (Wildman–Crippen MR) is 276 cm³/mol. The summed E-state index contributed by atoms with van der Waals surface area (Å²) in [6.45, 7) is 12.7. The first kappa shape index (κ1) is 59.1.